The molecule has 0 spiro atoms. The highest BCUT2D eigenvalue weighted by molar-refractivity contribution is 9.09. The van der Waals surface area contributed by atoms with Crippen molar-refractivity contribution in [2.45, 2.75) is 36.3 Å². The van der Waals surface area contributed by atoms with Gasteiger partial charge in [0.2, 0.25) is 0 Å². The Morgan fingerprint density at radius 2 is 1.81 bits per heavy atom. The van der Waals surface area contributed by atoms with Crippen molar-refractivity contribution in [2.75, 3.05) is 11.9 Å². The number of ether oxygens (including phenoxy) is 1. The van der Waals surface area contributed by atoms with E-state index in [1.54, 1.807) is 38.1 Å². The summed E-state index contributed by atoms with van der Waals surface area (Å²) in [5.41, 5.74) is 1.74. The molecule has 0 aliphatic heterocycles. The summed E-state index contributed by atoms with van der Waals surface area (Å²) in [7, 11) is -3.56. The van der Waals surface area contributed by atoms with Crippen molar-refractivity contribution in [3.05, 3.63) is 66.5 Å². The molecule has 27 heavy (non-hydrogen) atoms. The molecule has 0 radical (unpaired) electrons. The van der Waals surface area contributed by atoms with E-state index >= 15 is 0 Å². The molecular formula is C21H24BrNO3S. The van der Waals surface area contributed by atoms with Crippen LogP contribution in [0.2, 0.25) is 0 Å². The Labute approximate surface area is 169 Å². The minimum absolute atomic E-state index is 0.301. The molecule has 2 aromatic heterocycles. The number of hydrogen-bond acceptors (Lipinski definition) is 3. The number of benzene rings is 1. The van der Waals surface area contributed by atoms with Gasteiger partial charge in [-0.3, -0.25) is 0 Å². The molecule has 2 heterocycles. The molecule has 144 valence electrons. The van der Waals surface area contributed by atoms with Crippen LogP contribution in [0.1, 0.15) is 32.3 Å². The Hall–Kier alpha value is -1.79. The number of fused-ring (bicyclic) bond motifs is 1. The summed E-state index contributed by atoms with van der Waals surface area (Å²) in [5.74, 6) is 0.691. The van der Waals surface area contributed by atoms with E-state index < -0.39 is 14.6 Å². The predicted molar refractivity (Wildman–Crippen MR) is 113 cm³/mol. The number of sulfone groups is 1. The molecule has 0 aliphatic rings. The fraction of sp³-hybridized carbons (Fsp3) is 0.333. The number of unbranched alkanes of at least 4 members (excludes halogenated alkanes) is 1. The fourth-order valence-corrected chi connectivity index (χ4v) is 4.84. The van der Waals surface area contributed by atoms with E-state index in [1.807, 2.05) is 41.1 Å². The Morgan fingerprint density at radius 1 is 1.07 bits per heavy atom. The second kappa shape index (κ2) is 8.07. The summed E-state index contributed by atoms with van der Waals surface area (Å²) in [5, 5.41) is 0.956. The van der Waals surface area contributed by atoms with Crippen molar-refractivity contribution >= 4 is 31.3 Å². The Balaban J connectivity index is 1.83. The maximum absolute atomic E-state index is 13.3. The van der Waals surface area contributed by atoms with Gasteiger partial charge >= 0.3 is 0 Å². The molecule has 0 amide bonds. The Bertz CT molecular complexity index is 974. The molecule has 0 fully saturated rings. The molecule has 6 heteroatoms. The van der Waals surface area contributed by atoms with E-state index in [9.17, 15) is 8.42 Å². The van der Waals surface area contributed by atoms with Crippen LogP contribution in [0.15, 0.2) is 65.8 Å². The van der Waals surface area contributed by atoms with Crippen molar-refractivity contribution in [2.24, 2.45) is 0 Å². The quantitative estimate of drug-likeness (QED) is 0.350. The zero-order valence-corrected chi connectivity index (χ0v) is 18.0. The topological polar surface area (TPSA) is 47.8 Å². The number of rotatable bonds is 8. The van der Waals surface area contributed by atoms with Crippen LogP contribution in [0.3, 0.4) is 0 Å². The van der Waals surface area contributed by atoms with Crippen LogP contribution in [-0.2, 0) is 14.6 Å². The van der Waals surface area contributed by atoms with Crippen molar-refractivity contribution in [3.8, 4) is 5.75 Å². The molecule has 0 bridgehead atoms. The lowest BCUT2D eigenvalue weighted by atomic mass is 10.1. The van der Waals surface area contributed by atoms with E-state index in [0.29, 0.717) is 17.3 Å². The second-order valence-electron chi connectivity index (χ2n) is 6.99. The van der Waals surface area contributed by atoms with Gasteiger partial charge in [-0.25, -0.2) is 8.42 Å². The fourth-order valence-electron chi connectivity index (χ4n) is 2.94. The van der Waals surface area contributed by atoms with Crippen LogP contribution in [-0.4, -0.2) is 24.8 Å². The molecule has 3 rings (SSSR count). The monoisotopic (exact) mass is 449 g/mol. The normalized spacial score (nSPS) is 12.4. The number of pyridine rings is 1. The zero-order valence-electron chi connectivity index (χ0n) is 15.6. The molecule has 0 atom stereocenters. The van der Waals surface area contributed by atoms with Gasteiger partial charge < -0.3 is 9.14 Å². The summed E-state index contributed by atoms with van der Waals surface area (Å²) in [4.78, 5) is 0.301. The molecule has 0 saturated heterocycles. The number of alkyl halides is 1. The lowest BCUT2D eigenvalue weighted by Gasteiger charge is -2.24. The van der Waals surface area contributed by atoms with Gasteiger partial charge in [0.15, 0.2) is 9.84 Å². The van der Waals surface area contributed by atoms with Gasteiger partial charge in [-0.2, -0.15) is 0 Å². The minimum atomic E-state index is -3.56. The highest BCUT2D eigenvalue weighted by Crippen LogP contribution is 2.36. The average molecular weight is 450 g/mol. The van der Waals surface area contributed by atoms with Crippen molar-refractivity contribution < 1.29 is 13.2 Å². The Kier molecular flexibility index (Phi) is 5.96. The first-order chi connectivity index (χ1) is 12.9. The first kappa shape index (κ1) is 20.0. The average Bonchev–Trinajstić information content (AvgIpc) is 3.10. The van der Waals surface area contributed by atoms with Gasteiger partial charge in [0.25, 0.3) is 0 Å². The third-order valence-corrected chi connectivity index (χ3v) is 7.84. The predicted octanol–water partition coefficient (Wildman–Crippen LogP) is 5.20. The first-order valence-electron chi connectivity index (χ1n) is 8.97. The largest absolute Gasteiger partial charge is 0.494 e. The number of halogens is 1. The molecule has 4 nitrogen and oxygen atoms in total. The van der Waals surface area contributed by atoms with Crippen molar-refractivity contribution in [3.63, 3.8) is 0 Å². The van der Waals surface area contributed by atoms with Gasteiger partial charge in [-0.1, -0.05) is 22.0 Å². The highest BCUT2D eigenvalue weighted by atomic mass is 79.9. The highest BCUT2D eigenvalue weighted by Gasteiger charge is 2.38. The molecule has 1 aromatic carbocycles. The second-order valence-corrected chi connectivity index (χ2v) is 10.3. The summed E-state index contributed by atoms with van der Waals surface area (Å²) in [6.45, 7) is 4.13. The minimum Gasteiger partial charge on any atom is -0.494 e. The van der Waals surface area contributed by atoms with Gasteiger partial charge in [0.05, 0.1) is 16.2 Å². The maximum Gasteiger partial charge on any atom is 0.187 e. The third kappa shape index (κ3) is 4.06. The molecule has 0 aliphatic carbocycles. The Morgan fingerprint density at radius 3 is 2.48 bits per heavy atom. The lowest BCUT2D eigenvalue weighted by molar-refractivity contribution is 0.310. The molecule has 0 N–H and O–H groups in total. The SMILES string of the molecule is CC(C)(c1cc2ccccn2c1)S(=O)(=O)c1ccc(OCCCCBr)cc1. The van der Waals surface area contributed by atoms with Gasteiger partial charge in [-0.05, 0) is 74.7 Å². The smallest absolute Gasteiger partial charge is 0.187 e. The standard InChI is InChI=1S/C21H24BrNO3S/c1-21(2,17-15-18-7-3-5-13-23(18)16-17)27(24,25)20-10-8-19(9-11-20)26-14-6-4-12-22/h3,5,7-11,13,15-16H,4,6,12,14H2,1-2H3. The number of hydrogen-bond donors (Lipinski definition) is 0. The van der Waals surface area contributed by atoms with Crippen LogP contribution in [0, 0.1) is 0 Å². The third-order valence-electron chi connectivity index (χ3n) is 4.80. The van der Waals surface area contributed by atoms with E-state index in [-0.39, 0.29) is 0 Å². The van der Waals surface area contributed by atoms with E-state index in [2.05, 4.69) is 15.9 Å². The summed E-state index contributed by atoms with van der Waals surface area (Å²) < 4.78 is 33.1. The lowest BCUT2D eigenvalue weighted by Crippen LogP contribution is -2.28. The van der Waals surface area contributed by atoms with Crippen LogP contribution in [0.4, 0.5) is 0 Å². The van der Waals surface area contributed by atoms with Crippen LogP contribution in [0.25, 0.3) is 5.52 Å². The zero-order chi connectivity index (χ0) is 19.5. The van der Waals surface area contributed by atoms with Crippen molar-refractivity contribution in [1.29, 1.82) is 0 Å². The van der Waals surface area contributed by atoms with Crippen LogP contribution in [0.5, 0.6) is 5.75 Å². The van der Waals surface area contributed by atoms with Gasteiger partial charge in [0.1, 0.15) is 5.75 Å². The molecule has 0 unspecified atom stereocenters. The summed E-state index contributed by atoms with van der Waals surface area (Å²) >= 11 is 3.39. The first-order valence-corrected chi connectivity index (χ1v) is 11.6. The van der Waals surface area contributed by atoms with E-state index in [4.69, 9.17) is 4.74 Å². The summed E-state index contributed by atoms with van der Waals surface area (Å²) in [6.07, 6.45) is 5.81. The van der Waals surface area contributed by atoms with Gasteiger partial charge in [0, 0.05) is 23.2 Å². The molecule has 3 aromatic rings. The van der Waals surface area contributed by atoms with Gasteiger partial charge in [-0.15, -0.1) is 0 Å². The molecule has 0 saturated carbocycles. The van der Waals surface area contributed by atoms with Crippen LogP contribution >= 0.6 is 15.9 Å². The number of nitrogens with zero attached hydrogens (tertiary/aromatic N) is 1. The number of aromatic nitrogens is 1. The van der Waals surface area contributed by atoms with Crippen molar-refractivity contribution in [1.82, 2.24) is 4.40 Å². The summed E-state index contributed by atoms with van der Waals surface area (Å²) in [6, 6.07) is 14.5. The maximum atomic E-state index is 13.3. The molecular weight excluding hydrogens is 426 g/mol. The van der Waals surface area contributed by atoms with Crippen LogP contribution < -0.4 is 4.74 Å². The van der Waals surface area contributed by atoms with E-state index in [0.717, 1.165) is 29.3 Å². The van der Waals surface area contributed by atoms with E-state index in [1.165, 1.54) is 0 Å².